The van der Waals surface area contributed by atoms with Crippen molar-refractivity contribution in [1.29, 1.82) is 0 Å². The highest BCUT2D eigenvalue weighted by molar-refractivity contribution is 6.28. The zero-order valence-corrected chi connectivity index (χ0v) is 3.91. The Labute approximate surface area is 32.6 Å². The maximum Gasteiger partial charge on any atom is 0.190 e. The molecule has 0 fully saturated rings. The fourth-order valence-electron chi connectivity index (χ4n) is 0.0471. The Balaban J connectivity index is 2.92. The van der Waals surface area contributed by atoms with E-state index in [1.165, 1.54) is 0 Å². The first-order chi connectivity index (χ1) is 2.41. The molecule has 0 bridgehead atoms. The second-order valence-electron chi connectivity index (χ2n) is 0.500. The predicted octanol–water partition coefficient (Wildman–Crippen LogP) is 0.139. The molecule has 0 rings (SSSR count). The summed E-state index contributed by atoms with van der Waals surface area (Å²) < 4.78 is 0. The summed E-state index contributed by atoms with van der Waals surface area (Å²) in [6, 6.07) is 0. The van der Waals surface area contributed by atoms with E-state index < -0.39 is 0 Å². The highest BCUT2D eigenvalue weighted by atomic mass is 28.2. The Kier molecular flexibility index (Phi) is 3.24. The lowest BCUT2D eigenvalue weighted by Gasteiger charge is -1.57. The van der Waals surface area contributed by atoms with E-state index in [2.05, 4.69) is 11.4 Å². The number of hydrogen-bond acceptors (Lipinski definition) is 2. The van der Waals surface area contributed by atoms with Crippen LogP contribution in [0.25, 0.3) is 0 Å². The van der Waals surface area contributed by atoms with Crippen LogP contribution in [0.15, 0.2) is 17.1 Å². The van der Waals surface area contributed by atoms with Crippen molar-refractivity contribution < 1.29 is 5.21 Å². The van der Waals surface area contributed by atoms with Crippen molar-refractivity contribution in [2.75, 3.05) is 0 Å². The van der Waals surface area contributed by atoms with Crippen molar-refractivity contribution >= 4 is 9.31 Å². The van der Waals surface area contributed by atoms with Crippen molar-refractivity contribution in [1.82, 2.24) is 0 Å². The van der Waals surface area contributed by atoms with Crippen molar-refractivity contribution in [3.8, 4) is 0 Å². The van der Waals surface area contributed by atoms with E-state index in [-0.39, 0.29) is 9.31 Å². The van der Waals surface area contributed by atoms with Gasteiger partial charge in [0.25, 0.3) is 0 Å². The second-order valence-corrected chi connectivity index (χ2v) is 1.50. The van der Waals surface area contributed by atoms with E-state index in [9.17, 15) is 0 Å². The molecular weight excluding hydrogens is 82.1 g/mol. The first-order valence-electron chi connectivity index (χ1n) is 1.20. The first kappa shape index (κ1) is 4.56. The summed E-state index contributed by atoms with van der Waals surface area (Å²) >= 11 is 0. The van der Waals surface area contributed by atoms with Gasteiger partial charge in [-0.2, -0.15) is 4.80 Å². The van der Waals surface area contributed by atoms with Crippen molar-refractivity contribution in [3.05, 3.63) is 12.3 Å². The lowest BCUT2D eigenvalue weighted by molar-refractivity contribution is 0.325. The largest absolute Gasteiger partial charge is 0.421 e. The minimum absolute atomic E-state index is 0.241. The first-order valence-corrected chi connectivity index (χ1v) is 2.38. The lowest BCUT2D eigenvalue weighted by Crippen LogP contribution is -1.58. The molecule has 1 N–H and O–H groups in total. The maximum atomic E-state index is 7.66. The van der Waals surface area contributed by atoms with Crippen LogP contribution in [0.5, 0.6) is 0 Å². The maximum absolute atomic E-state index is 7.66. The zero-order chi connectivity index (χ0) is 4.12. The van der Waals surface area contributed by atoms with Gasteiger partial charge in [-0.15, -0.1) is 6.58 Å². The van der Waals surface area contributed by atoms with Gasteiger partial charge in [-0.05, 0) is 0 Å². The van der Waals surface area contributed by atoms with E-state index in [4.69, 9.17) is 5.21 Å². The molecule has 0 saturated heterocycles. The number of rotatable bonds is 1. The molecule has 0 atom stereocenters. The minimum Gasteiger partial charge on any atom is -0.421 e. The van der Waals surface area contributed by atoms with E-state index in [0.29, 0.717) is 0 Å². The van der Waals surface area contributed by atoms with E-state index in [1.807, 2.05) is 0 Å². The van der Waals surface area contributed by atoms with Crippen LogP contribution in [0.3, 0.4) is 0 Å². The SMILES string of the molecule is C=C[SiH]=NO. The fraction of sp³-hybridized carbons (Fsp3) is 0. The monoisotopic (exact) mass is 87.0 g/mol. The molecule has 0 unspecified atom stereocenters. The quantitative estimate of drug-likeness (QED) is 0.358. The number of nitrogens with zero attached hydrogens (tertiary/aromatic N) is 1. The summed E-state index contributed by atoms with van der Waals surface area (Å²) in [7, 11) is -0.241. The van der Waals surface area contributed by atoms with Crippen LogP contribution in [0, 0.1) is 0 Å². The molecule has 0 aromatic heterocycles. The van der Waals surface area contributed by atoms with Crippen LogP contribution in [-0.4, -0.2) is 14.5 Å². The van der Waals surface area contributed by atoms with E-state index >= 15 is 0 Å². The zero-order valence-electron chi connectivity index (χ0n) is 2.76. The second kappa shape index (κ2) is 3.56. The molecule has 0 heterocycles. The van der Waals surface area contributed by atoms with Gasteiger partial charge >= 0.3 is 0 Å². The number of hydrogen-bond donors (Lipinski definition) is 1. The fourth-order valence-corrected chi connectivity index (χ4v) is 0.141. The Morgan fingerprint density at radius 1 is 2.00 bits per heavy atom. The molecule has 5 heavy (non-hydrogen) atoms. The summed E-state index contributed by atoms with van der Waals surface area (Å²) in [5.74, 6) is 0. The summed E-state index contributed by atoms with van der Waals surface area (Å²) in [6.45, 7) is 3.33. The molecule has 0 aromatic carbocycles. The van der Waals surface area contributed by atoms with Crippen LogP contribution in [0.2, 0.25) is 0 Å². The predicted molar refractivity (Wildman–Crippen MR) is 21.6 cm³/mol. The molecule has 0 amide bonds. The van der Waals surface area contributed by atoms with Gasteiger partial charge in [0.15, 0.2) is 9.31 Å². The van der Waals surface area contributed by atoms with Crippen LogP contribution in [0.1, 0.15) is 0 Å². The summed E-state index contributed by atoms with van der Waals surface area (Å²) in [5, 5.41) is 7.66. The van der Waals surface area contributed by atoms with Crippen molar-refractivity contribution in [3.63, 3.8) is 0 Å². The van der Waals surface area contributed by atoms with Gasteiger partial charge in [-0.3, -0.25) is 0 Å². The summed E-state index contributed by atoms with van der Waals surface area (Å²) in [6.07, 6.45) is 0. The third kappa shape index (κ3) is 3.56. The van der Waals surface area contributed by atoms with Crippen LogP contribution in [-0.2, 0) is 0 Å². The molecule has 3 heteroatoms. The van der Waals surface area contributed by atoms with Crippen molar-refractivity contribution in [2.24, 2.45) is 4.80 Å². The molecule has 0 aliphatic heterocycles. The molecular formula is C2H5NOSi. The summed E-state index contributed by atoms with van der Waals surface area (Å²) in [4.78, 5) is 2.82. The smallest absolute Gasteiger partial charge is 0.190 e. The Morgan fingerprint density at radius 3 is 2.60 bits per heavy atom. The Bertz CT molecular complexity index is 51.6. The standard InChI is InChI=1S/C2H5NOSi/c1-2-5-3-4/h2,4-5H,1H2. The van der Waals surface area contributed by atoms with Crippen LogP contribution in [0.4, 0.5) is 0 Å². The Morgan fingerprint density at radius 2 is 2.60 bits per heavy atom. The normalized spacial score (nSPS) is 8.80. The van der Waals surface area contributed by atoms with Crippen LogP contribution >= 0.6 is 0 Å². The highest BCUT2D eigenvalue weighted by Gasteiger charge is 1.47. The van der Waals surface area contributed by atoms with E-state index in [0.717, 1.165) is 0 Å². The molecule has 0 aromatic rings. The molecule has 0 spiro atoms. The topological polar surface area (TPSA) is 32.6 Å². The third-order valence-corrected chi connectivity index (χ3v) is 0.516. The van der Waals surface area contributed by atoms with Gasteiger partial charge in [0.05, 0.1) is 0 Å². The van der Waals surface area contributed by atoms with Gasteiger partial charge in [-0.1, -0.05) is 5.70 Å². The van der Waals surface area contributed by atoms with Gasteiger partial charge in [0.2, 0.25) is 0 Å². The molecule has 28 valence electrons. The molecule has 0 aliphatic rings. The van der Waals surface area contributed by atoms with Gasteiger partial charge in [0.1, 0.15) is 0 Å². The lowest BCUT2D eigenvalue weighted by atomic mass is 11.3. The average molecular weight is 87.2 g/mol. The molecule has 0 aliphatic carbocycles. The van der Waals surface area contributed by atoms with Crippen LogP contribution < -0.4 is 0 Å². The molecule has 0 saturated carbocycles. The van der Waals surface area contributed by atoms with Gasteiger partial charge in [-0.25, -0.2) is 0 Å². The van der Waals surface area contributed by atoms with Gasteiger partial charge < -0.3 is 5.21 Å². The molecule has 0 radical (unpaired) electrons. The highest BCUT2D eigenvalue weighted by Crippen LogP contribution is 1.45. The minimum atomic E-state index is -0.241. The van der Waals surface area contributed by atoms with Crippen molar-refractivity contribution in [2.45, 2.75) is 0 Å². The van der Waals surface area contributed by atoms with Gasteiger partial charge in [0, 0.05) is 0 Å². The Hall–Kier alpha value is -0.443. The molecule has 2 nitrogen and oxygen atoms in total. The third-order valence-electron chi connectivity index (χ3n) is 0.172. The average Bonchev–Trinajstić information content (AvgIpc) is 1.41. The van der Waals surface area contributed by atoms with E-state index in [1.54, 1.807) is 5.70 Å². The summed E-state index contributed by atoms with van der Waals surface area (Å²) in [5.41, 5.74) is 1.60.